The standard InChI is InChI=1S/C3H10O6P2/c4-3(1-8-10)2-9-11(5,6)7/h3-4H,1-2,10H2,(H2,5,6,7). The van der Waals surface area contributed by atoms with Gasteiger partial charge in [-0.05, 0) is 0 Å². The summed E-state index contributed by atoms with van der Waals surface area (Å²) >= 11 is 0. The molecule has 0 aliphatic rings. The molecule has 0 saturated heterocycles. The first-order valence-corrected chi connectivity index (χ1v) is 4.65. The van der Waals surface area contributed by atoms with Crippen LogP contribution in [0.3, 0.4) is 0 Å². The molecule has 0 aromatic rings. The first kappa shape index (κ1) is 11.5. The smallest absolute Gasteiger partial charge is 0.388 e. The molecule has 0 aliphatic heterocycles. The lowest BCUT2D eigenvalue weighted by Crippen LogP contribution is -2.18. The Hall–Kier alpha value is 0.460. The second-order valence-electron chi connectivity index (χ2n) is 1.77. The third kappa shape index (κ3) is 8.37. The Labute approximate surface area is 66.0 Å². The molecule has 0 heterocycles. The Balaban J connectivity index is 3.46. The van der Waals surface area contributed by atoms with E-state index in [0.29, 0.717) is 0 Å². The van der Waals surface area contributed by atoms with Crippen molar-refractivity contribution >= 4 is 17.3 Å². The number of rotatable bonds is 5. The SMILES string of the molecule is O=P(O)(O)OCC(O)COP. The van der Waals surface area contributed by atoms with Gasteiger partial charge >= 0.3 is 7.82 Å². The van der Waals surface area contributed by atoms with Crippen LogP contribution in [0, 0.1) is 0 Å². The normalized spacial score (nSPS) is 14.9. The molecule has 3 N–H and O–H groups in total. The molecule has 2 atom stereocenters. The molecule has 0 aliphatic carbocycles. The summed E-state index contributed by atoms with van der Waals surface area (Å²) in [5.74, 6) is 0. The molecular weight excluding hydrogens is 194 g/mol. The van der Waals surface area contributed by atoms with Gasteiger partial charge in [0.05, 0.1) is 13.2 Å². The third-order valence-electron chi connectivity index (χ3n) is 0.724. The summed E-state index contributed by atoms with van der Waals surface area (Å²) in [6.45, 7) is -0.497. The summed E-state index contributed by atoms with van der Waals surface area (Å²) in [6, 6.07) is 0. The average Bonchev–Trinajstić information content (AvgIpc) is 1.83. The third-order valence-corrected chi connectivity index (χ3v) is 1.40. The van der Waals surface area contributed by atoms with E-state index in [1.165, 1.54) is 0 Å². The topological polar surface area (TPSA) is 96.2 Å². The largest absolute Gasteiger partial charge is 0.469 e. The Kier molecular flexibility index (Phi) is 5.38. The summed E-state index contributed by atoms with van der Waals surface area (Å²) in [4.78, 5) is 16.3. The fourth-order valence-electron chi connectivity index (χ4n) is 0.342. The van der Waals surface area contributed by atoms with Crippen LogP contribution >= 0.6 is 17.3 Å². The van der Waals surface area contributed by atoms with Crippen molar-refractivity contribution in [2.45, 2.75) is 6.10 Å². The van der Waals surface area contributed by atoms with Crippen LogP contribution in [0.15, 0.2) is 0 Å². The monoisotopic (exact) mass is 204 g/mol. The number of aliphatic hydroxyl groups is 1. The Bertz CT molecular complexity index is 143. The highest BCUT2D eigenvalue weighted by Gasteiger charge is 2.16. The zero-order chi connectivity index (χ0) is 8.91. The summed E-state index contributed by atoms with van der Waals surface area (Å²) in [5, 5.41) is 8.81. The number of phosphoric acid groups is 1. The van der Waals surface area contributed by atoms with E-state index < -0.39 is 20.5 Å². The van der Waals surface area contributed by atoms with E-state index in [-0.39, 0.29) is 6.61 Å². The van der Waals surface area contributed by atoms with Crippen LogP contribution in [-0.4, -0.2) is 34.2 Å². The van der Waals surface area contributed by atoms with Crippen LogP contribution in [0.4, 0.5) is 0 Å². The summed E-state index contributed by atoms with van der Waals surface area (Å²) < 4.78 is 18.4. The molecule has 11 heavy (non-hydrogen) atoms. The molecular formula is C3H10O6P2. The lowest BCUT2D eigenvalue weighted by Gasteiger charge is -2.09. The van der Waals surface area contributed by atoms with Crippen molar-refractivity contribution in [3.05, 3.63) is 0 Å². The van der Waals surface area contributed by atoms with Gasteiger partial charge in [0, 0.05) is 9.47 Å². The van der Waals surface area contributed by atoms with Crippen LogP contribution in [0.5, 0.6) is 0 Å². The Morgan fingerprint density at radius 1 is 1.45 bits per heavy atom. The van der Waals surface area contributed by atoms with Crippen molar-refractivity contribution in [3.8, 4) is 0 Å². The van der Waals surface area contributed by atoms with Crippen molar-refractivity contribution in [3.63, 3.8) is 0 Å². The summed E-state index contributed by atoms with van der Waals surface area (Å²) in [6.07, 6.45) is -1.03. The number of hydrogen-bond acceptors (Lipinski definition) is 4. The molecule has 6 nitrogen and oxygen atoms in total. The summed E-state index contributed by atoms with van der Waals surface area (Å²) in [5.41, 5.74) is 0. The molecule has 68 valence electrons. The molecule has 2 unspecified atom stereocenters. The van der Waals surface area contributed by atoms with E-state index in [4.69, 9.17) is 14.9 Å². The van der Waals surface area contributed by atoms with Gasteiger partial charge in [-0.2, -0.15) is 0 Å². The van der Waals surface area contributed by atoms with Gasteiger partial charge in [0.25, 0.3) is 0 Å². The molecule has 0 spiro atoms. The zero-order valence-corrected chi connectivity index (χ0v) is 7.63. The maximum absolute atomic E-state index is 10.1. The number of phosphoric ester groups is 1. The van der Waals surface area contributed by atoms with Crippen LogP contribution in [0.2, 0.25) is 0 Å². The molecule has 0 saturated carbocycles. The van der Waals surface area contributed by atoms with Crippen LogP contribution in [-0.2, 0) is 13.6 Å². The fourth-order valence-corrected chi connectivity index (χ4v) is 0.931. The van der Waals surface area contributed by atoms with Crippen LogP contribution in [0.1, 0.15) is 0 Å². The molecule has 0 bridgehead atoms. The molecule has 0 aromatic heterocycles. The predicted molar refractivity (Wildman–Crippen MR) is 39.7 cm³/mol. The van der Waals surface area contributed by atoms with Gasteiger partial charge in [-0.15, -0.1) is 0 Å². The Morgan fingerprint density at radius 3 is 2.36 bits per heavy atom. The lowest BCUT2D eigenvalue weighted by atomic mass is 10.4. The van der Waals surface area contributed by atoms with Gasteiger partial charge in [0.2, 0.25) is 0 Å². The van der Waals surface area contributed by atoms with Crippen molar-refractivity contribution < 1.29 is 28.5 Å². The molecule has 0 radical (unpaired) electrons. The zero-order valence-electron chi connectivity index (χ0n) is 5.58. The maximum Gasteiger partial charge on any atom is 0.469 e. The number of aliphatic hydroxyl groups excluding tert-OH is 1. The Morgan fingerprint density at radius 2 is 2.00 bits per heavy atom. The fraction of sp³-hybridized carbons (Fsp3) is 1.00. The van der Waals surface area contributed by atoms with Gasteiger partial charge in [0.1, 0.15) is 6.10 Å². The minimum Gasteiger partial charge on any atom is -0.388 e. The van der Waals surface area contributed by atoms with Crippen LogP contribution in [0.25, 0.3) is 0 Å². The first-order chi connectivity index (χ1) is 4.95. The average molecular weight is 204 g/mol. The van der Waals surface area contributed by atoms with Gasteiger partial charge in [-0.25, -0.2) is 4.57 Å². The second-order valence-corrected chi connectivity index (χ2v) is 3.35. The minimum absolute atomic E-state index is 0.0509. The van der Waals surface area contributed by atoms with E-state index in [2.05, 4.69) is 9.05 Å². The van der Waals surface area contributed by atoms with Gasteiger partial charge in [-0.3, -0.25) is 4.52 Å². The van der Waals surface area contributed by atoms with E-state index in [9.17, 15) is 4.57 Å². The highest BCUT2D eigenvalue weighted by molar-refractivity contribution is 7.46. The van der Waals surface area contributed by atoms with Gasteiger partial charge in [-0.1, -0.05) is 0 Å². The van der Waals surface area contributed by atoms with Gasteiger partial charge in [0.15, 0.2) is 0 Å². The van der Waals surface area contributed by atoms with E-state index in [1.807, 2.05) is 9.47 Å². The lowest BCUT2D eigenvalue weighted by molar-refractivity contribution is 0.0551. The van der Waals surface area contributed by atoms with E-state index in [0.717, 1.165) is 0 Å². The van der Waals surface area contributed by atoms with Crippen molar-refractivity contribution in [2.75, 3.05) is 13.2 Å². The molecule has 0 fully saturated rings. The minimum atomic E-state index is -4.47. The maximum atomic E-state index is 10.1. The highest BCUT2D eigenvalue weighted by atomic mass is 31.2. The number of hydrogen-bond donors (Lipinski definition) is 3. The molecule has 0 rings (SSSR count). The molecule has 8 heteroatoms. The van der Waals surface area contributed by atoms with Crippen molar-refractivity contribution in [1.82, 2.24) is 0 Å². The second kappa shape index (κ2) is 5.17. The molecule has 0 aromatic carbocycles. The molecule has 0 amide bonds. The van der Waals surface area contributed by atoms with E-state index in [1.54, 1.807) is 0 Å². The quantitative estimate of drug-likeness (QED) is 0.510. The van der Waals surface area contributed by atoms with Crippen LogP contribution < -0.4 is 0 Å². The predicted octanol–water partition coefficient (Wildman–Crippen LogP) is -0.737. The van der Waals surface area contributed by atoms with Crippen molar-refractivity contribution in [2.24, 2.45) is 0 Å². The van der Waals surface area contributed by atoms with Crippen molar-refractivity contribution in [1.29, 1.82) is 0 Å². The van der Waals surface area contributed by atoms with E-state index >= 15 is 0 Å². The first-order valence-electron chi connectivity index (χ1n) is 2.65. The highest BCUT2D eigenvalue weighted by Crippen LogP contribution is 2.35. The van der Waals surface area contributed by atoms with Gasteiger partial charge < -0.3 is 19.4 Å². The summed E-state index contributed by atoms with van der Waals surface area (Å²) in [7, 11) is -2.57.